The number of nitrogens with zero attached hydrogens (tertiary/aromatic N) is 1. The molecule has 0 saturated heterocycles. The van der Waals surface area contributed by atoms with Gasteiger partial charge in [-0.05, 0) is 6.42 Å². The summed E-state index contributed by atoms with van der Waals surface area (Å²) in [5.41, 5.74) is 10.1. The van der Waals surface area contributed by atoms with Crippen LogP contribution in [0.2, 0.25) is 0 Å². The van der Waals surface area contributed by atoms with E-state index in [2.05, 4.69) is 4.99 Å². The Bertz CT molecular complexity index is 238. The van der Waals surface area contributed by atoms with E-state index in [1.54, 1.807) is 7.11 Å². The maximum Gasteiger partial charge on any atom is 0.394 e. The van der Waals surface area contributed by atoms with E-state index in [1.807, 2.05) is 0 Å². The summed E-state index contributed by atoms with van der Waals surface area (Å²) in [5.74, 6) is 0.145. The third-order valence-electron chi connectivity index (χ3n) is 0.801. The Labute approximate surface area is 82.5 Å². The number of nitrogens with two attached hydrogens (primary N) is 2. The molecule has 0 bridgehead atoms. The molecule has 0 aliphatic carbocycles. The van der Waals surface area contributed by atoms with Gasteiger partial charge in [0.15, 0.2) is 5.96 Å². The minimum Gasteiger partial charge on any atom is -0.385 e. The number of rotatable bonds is 4. The molecule has 0 aromatic rings. The summed E-state index contributed by atoms with van der Waals surface area (Å²) in [5, 5.41) is 0. The molecule has 0 amide bonds. The Hall–Kier alpha value is -0.900. The second-order valence-corrected chi connectivity index (χ2v) is 3.00. The zero-order valence-corrected chi connectivity index (χ0v) is 8.57. The van der Waals surface area contributed by atoms with Crippen LogP contribution in [0.4, 0.5) is 0 Å². The molecule has 0 aromatic carbocycles. The van der Waals surface area contributed by atoms with Crippen LogP contribution in [-0.4, -0.2) is 43.7 Å². The van der Waals surface area contributed by atoms with Gasteiger partial charge in [-0.3, -0.25) is 14.1 Å². The first-order valence-corrected chi connectivity index (χ1v) is 4.91. The molecule has 0 aliphatic rings. The van der Waals surface area contributed by atoms with Gasteiger partial charge in [0.05, 0.1) is 0 Å². The summed E-state index contributed by atoms with van der Waals surface area (Å²) < 4.78 is 36.4. The van der Waals surface area contributed by atoms with Crippen LogP contribution in [-0.2, 0) is 15.1 Å². The van der Waals surface area contributed by atoms with Crippen molar-refractivity contribution in [2.24, 2.45) is 16.5 Å². The van der Waals surface area contributed by atoms with Crippen LogP contribution < -0.4 is 11.5 Å². The fourth-order valence-corrected chi connectivity index (χ4v) is 0.417. The third kappa shape index (κ3) is 43.5. The number of hydrogen-bond acceptors (Lipinski definition) is 4. The van der Waals surface area contributed by atoms with Gasteiger partial charge in [-0.15, -0.1) is 0 Å². The second-order valence-electron chi connectivity index (χ2n) is 2.10. The van der Waals surface area contributed by atoms with E-state index in [1.165, 1.54) is 0 Å². The zero-order valence-electron chi connectivity index (χ0n) is 7.75. The summed E-state index contributed by atoms with van der Waals surface area (Å²) >= 11 is 0. The molecule has 0 atom stereocenters. The molecule has 0 rings (SSSR count). The van der Waals surface area contributed by atoms with E-state index < -0.39 is 10.4 Å². The first kappa shape index (κ1) is 15.6. The Kier molecular flexibility index (Phi) is 9.66. The van der Waals surface area contributed by atoms with Crippen molar-refractivity contribution in [2.75, 3.05) is 20.3 Å². The van der Waals surface area contributed by atoms with Crippen LogP contribution >= 0.6 is 0 Å². The monoisotopic (exact) mass is 229 g/mol. The molecule has 0 aromatic heterocycles. The second kappa shape index (κ2) is 8.69. The number of ether oxygens (including phenoxy) is 1. The molecule has 86 valence electrons. The van der Waals surface area contributed by atoms with Gasteiger partial charge < -0.3 is 16.2 Å². The van der Waals surface area contributed by atoms with Gasteiger partial charge in [0.2, 0.25) is 0 Å². The van der Waals surface area contributed by atoms with Crippen LogP contribution in [0.5, 0.6) is 0 Å². The largest absolute Gasteiger partial charge is 0.394 e. The number of guanidine groups is 1. The summed E-state index contributed by atoms with van der Waals surface area (Å²) in [6, 6.07) is 0. The predicted octanol–water partition coefficient (Wildman–Crippen LogP) is -1.36. The van der Waals surface area contributed by atoms with Gasteiger partial charge in [0.25, 0.3) is 0 Å². The van der Waals surface area contributed by atoms with Gasteiger partial charge in [-0.2, -0.15) is 8.42 Å². The number of aliphatic imine (C=N–C) groups is 1. The smallest absolute Gasteiger partial charge is 0.385 e. The van der Waals surface area contributed by atoms with Gasteiger partial charge >= 0.3 is 10.4 Å². The first-order chi connectivity index (χ1) is 6.27. The van der Waals surface area contributed by atoms with Crippen molar-refractivity contribution in [1.29, 1.82) is 0 Å². The van der Waals surface area contributed by atoms with Crippen molar-refractivity contribution in [2.45, 2.75) is 6.42 Å². The summed E-state index contributed by atoms with van der Waals surface area (Å²) in [4.78, 5) is 3.75. The number of methoxy groups -OCH3 is 1. The van der Waals surface area contributed by atoms with Crippen LogP contribution in [0.15, 0.2) is 4.99 Å². The number of hydrogen-bond donors (Lipinski definition) is 4. The normalized spacial score (nSPS) is 9.93. The lowest BCUT2D eigenvalue weighted by atomic mass is 10.5. The van der Waals surface area contributed by atoms with Crippen LogP contribution in [0.25, 0.3) is 0 Å². The summed E-state index contributed by atoms with van der Waals surface area (Å²) in [7, 11) is -3.02. The lowest BCUT2D eigenvalue weighted by molar-refractivity contribution is 0.197. The average Bonchev–Trinajstić information content (AvgIpc) is 1.94. The SMILES string of the molecule is COCCCN=C(N)N.O=S(=O)(O)O. The molecular formula is C5H15N3O5S. The van der Waals surface area contributed by atoms with E-state index in [-0.39, 0.29) is 5.96 Å². The third-order valence-corrected chi connectivity index (χ3v) is 0.801. The highest BCUT2D eigenvalue weighted by molar-refractivity contribution is 7.79. The minimum absolute atomic E-state index is 0.145. The molecule has 0 aliphatic heterocycles. The molecule has 6 N–H and O–H groups in total. The van der Waals surface area contributed by atoms with Gasteiger partial charge in [0, 0.05) is 20.3 Å². The van der Waals surface area contributed by atoms with E-state index in [4.69, 9.17) is 33.7 Å². The molecule has 8 nitrogen and oxygen atoms in total. The molecule has 0 unspecified atom stereocenters. The van der Waals surface area contributed by atoms with Crippen LogP contribution in [0.3, 0.4) is 0 Å². The van der Waals surface area contributed by atoms with Crippen molar-refractivity contribution >= 4 is 16.4 Å². The van der Waals surface area contributed by atoms with Crippen molar-refractivity contribution in [3.63, 3.8) is 0 Å². The van der Waals surface area contributed by atoms with E-state index in [0.29, 0.717) is 13.2 Å². The van der Waals surface area contributed by atoms with E-state index in [9.17, 15) is 0 Å². The quantitative estimate of drug-likeness (QED) is 0.201. The molecule has 9 heteroatoms. The fourth-order valence-electron chi connectivity index (χ4n) is 0.417. The van der Waals surface area contributed by atoms with Gasteiger partial charge in [-0.25, -0.2) is 0 Å². The summed E-state index contributed by atoms with van der Waals surface area (Å²) in [6.07, 6.45) is 0.869. The zero-order chi connectivity index (χ0) is 11.6. The maximum atomic E-state index is 8.74. The van der Waals surface area contributed by atoms with E-state index >= 15 is 0 Å². The first-order valence-electron chi connectivity index (χ1n) is 3.51. The molecule has 0 radical (unpaired) electrons. The van der Waals surface area contributed by atoms with Crippen molar-refractivity contribution in [1.82, 2.24) is 0 Å². The van der Waals surface area contributed by atoms with Crippen molar-refractivity contribution in [3.05, 3.63) is 0 Å². The molecule has 0 fully saturated rings. The molecule has 0 heterocycles. The summed E-state index contributed by atoms with van der Waals surface area (Å²) in [6.45, 7) is 1.35. The molecule has 0 saturated carbocycles. The Balaban J connectivity index is 0. The molecule has 0 spiro atoms. The van der Waals surface area contributed by atoms with Crippen LogP contribution in [0, 0.1) is 0 Å². The highest BCUT2D eigenvalue weighted by Crippen LogP contribution is 1.79. The fraction of sp³-hybridized carbons (Fsp3) is 0.800. The molecular weight excluding hydrogens is 214 g/mol. The van der Waals surface area contributed by atoms with Gasteiger partial charge in [0.1, 0.15) is 0 Å². The minimum atomic E-state index is -4.67. The maximum absolute atomic E-state index is 8.74. The van der Waals surface area contributed by atoms with Crippen molar-refractivity contribution in [3.8, 4) is 0 Å². The lowest BCUT2D eigenvalue weighted by Gasteiger charge is -1.93. The standard InChI is InChI=1S/C5H13N3O.H2O4S/c1-9-4-2-3-8-5(6)7;1-5(2,3)4/h2-4H2,1H3,(H4,6,7,8);(H2,1,2,3,4). The highest BCUT2D eigenvalue weighted by Gasteiger charge is 1.84. The molecule has 14 heavy (non-hydrogen) atoms. The Morgan fingerprint density at radius 2 is 1.86 bits per heavy atom. The topological polar surface area (TPSA) is 148 Å². The van der Waals surface area contributed by atoms with E-state index in [0.717, 1.165) is 6.42 Å². The van der Waals surface area contributed by atoms with Crippen molar-refractivity contribution < 1.29 is 22.3 Å². The Morgan fingerprint density at radius 1 is 1.43 bits per heavy atom. The highest BCUT2D eigenvalue weighted by atomic mass is 32.3. The van der Waals surface area contributed by atoms with Gasteiger partial charge in [-0.1, -0.05) is 0 Å². The average molecular weight is 229 g/mol. The van der Waals surface area contributed by atoms with Crippen LogP contribution in [0.1, 0.15) is 6.42 Å². The Morgan fingerprint density at radius 3 is 2.14 bits per heavy atom. The lowest BCUT2D eigenvalue weighted by Crippen LogP contribution is -2.23. The predicted molar refractivity (Wildman–Crippen MR) is 51.3 cm³/mol.